The van der Waals surface area contributed by atoms with Gasteiger partial charge in [-0.2, -0.15) is 10.2 Å². The lowest BCUT2D eigenvalue weighted by molar-refractivity contribution is 0.315. The predicted molar refractivity (Wildman–Crippen MR) is 136 cm³/mol. The van der Waals surface area contributed by atoms with Crippen LogP contribution >= 0.6 is 12.4 Å². The van der Waals surface area contributed by atoms with Crippen LogP contribution in [0.3, 0.4) is 0 Å². The zero-order valence-electron chi connectivity index (χ0n) is 19.4. The van der Waals surface area contributed by atoms with Gasteiger partial charge in [-0.3, -0.25) is 14.0 Å². The molecule has 0 saturated heterocycles. The molecule has 8 nitrogen and oxygen atoms in total. The maximum atomic E-state index is 13.2. The maximum Gasteiger partial charge on any atom is 0.266 e. The number of halogens is 1. The minimum Gasteiger partial charge on any atom is -0.454 e. The summed E-state index contributed by atoms with van der Waals surface area (Å²) in [5, 5.41) is 14.3. The first-order valence-electron chi connectivity index (χ1n) is 11.1. The summed E-state index contributed by atoms with van der Waals surface area (Å²) in [6.07, 6.45) is 4.73. The van der Waals surface area contributed by atoms with E-state index in [4.69, 9.17) is 4.42 Å². The molecule has 0 unspecified atom stereocenters. The molecule has 0 atom stereocenters. The molecule has 0 aliphatic rings. The van der Waals surface area contributed by atoms with Gasteiger partial charge in [-0.25, -0.2) is 0 Å². The van der Waals surface area contributed by atoms with Gasteiger partial charge < -0.3 is 9.32 Å². The molecule has 4 heterocycles. The topological polar surface area (TPSA) is 82.0 Å². The third-order valence-electron chi connectivity index (χ3n) is 5.84. The number of likely N-dealkylation sites (N-methyl/N-ethyl adjacent to an activating group) is 1. The number of nitrogens with zero attached hydrogens (tertiary/aromatic N) is 6. The van der Waals surface area contributed by atoms with Crippen LogP contribution in [-0.4, -0.2) is 49.6 Å². The Bertz CT molecular complexity index is 1490. The number of benzene rings is 1. The van der Waals surface area contributed by atoms with Gasteiger partial charge in [0.2, 0.25) is 0 Å². The highest BCUT2D eigenvalue weighted by Gasteiger charge is 2.14. The number of furan rings is 1. The van der Waals surface area contributed by atoms with Crippen molar-refractivity contribution in [3.63, 3.8) is 0 Å². The first kappa shape index (κ1) is 23.7. The Morgan fingerprint density at radius 1 is 1.06 bits per heavy atom. The van der Waals surface area contributed by atoms with Crippen LogP contribution in [0, 0.1) is 6.92 Å². The highest BCUT2D eigenvalue weighted by molar-refractivity contribution is 5.85. The quantitative estimate of drug-likeness (QED) is 0.343. The van der Waals surface area contributed by atoms with Crippen LogP contribution in [0.2, 0.25) is 0 Å². The molecule has 34 heavy (non-hydrogen) atoms. The van der Waals surface area contributed by atoms with Gasteiger partial charge in [-0.05, 0) is 69.4 Å². The standard InChI is InChI=1S/C25H26N6O2.ClH/c1-4-10-29(3)12-13-31-22-8-6-19(14-18(22)16-26-31)30-11-9-23-20(25(30)32)15-24(33-23)21-7-5-17(2)27-28-21;/h5-9,11,14-16H,4,10,12-13H2,1-3H3;1H. The zero-order valence-corrected chi connectivity index (χ0v) is 20.2. The summed E-state index contributed by atoms with van der Waals surface area (Å²) in [7, 11) is 2.13. The van der Waals surface area contributed by atoms with Gasteiger partial charge in [0.1, 0.15) is 11.3 Å². The third kappa shape index (κ3) is 4.47. The Hall–Kier alpha value is -3.49. The van der Waals surface area contributed by atoms with Gasteiger partial charge >= 0.3 is 0 Å². The average Bonchev–Trinajstić information content (AvgIpc) is 3.43. The normalized spacial score (nSPS) is 11.4. The van der Waals surface area contributed by atoms with Crippen LogP contribution in [0.5, 0.6) is 0 Å². The average molecular weight is 479 g/mol. The fraction of sp³-hybridized carbons (Fsp3) is 0.280. The highest BCUT2D eigenvalue weighted by atomic mass is 35.5. The Morgan fingerprint density at radius 2 is 1.91 bits per heavy atom. The van der Waals surface area contributed by atoms with Crippen molar-refractivity contribution < 1.29 is 4.42 Å². The fourth-order valence-electron chi connectivity index (χ4n) is 4.06. The number of hydrogen-bond donors (Lipinski definition) is 0. The molecule has 0 spiro atoms. The van der Waals surface area contributed by atoms with Crippen LogP contribution in [0.25, 0.3) is 39.0 Å². The van der Waals surface area contributed by atoms with Crippen molar-refractivity contribution in [2.24, 2.45) is 0 Å². The van der Waals surface area contributed by atoms with E-state index in [1.165, 1.54) is 0 Å². The zero-order chi connectivity index (χ0) is 22.9. The summed E-state index contributed by atoms with van der Waals surface area (Å²) in [6.45, 7) is 6.89. The molecule has 0 N–H and O–H groups in total. The van der Waals surface area contributed by atoms with E-state index in [1.54, 1.807) is 22.9 Å². The Kier molecular flexibility index (Phi) is 6.81. The van der Waals surface area contributed by atoms with Gasteiger partial charge in [-0.1, -0.05) is 6.92 Å². The van der Waals surface area contributed by atoms with Crippen molar-refractivity contribution in [2.75, 3.05) is 20.1 Å². The largest absolute Gasteiger partial charge is 0.454 e. The molecule has 0 radical (unpaired) electrons. The monoisotopic (exact) mass is 478 g/mol. The molecule has 0 saturated carbocycles. The van der Waals surface area contributed by atoms with Crippen LogP contribution in [0.15, 0.2) is 64.1 Å². The van der Waals surface area contributed by atoms with E-state index < -0.39 is 0 Å². The molecule has 4 aromatic heterocycles. The number of fused-ring (bicyclic) bond motifs is 2. The second-order valence-electron chi connectivity index (χ2n) is 8.35. The molecular formula is C25H27ClN6O2. The Labute approximate surface area is 203 Å². The first-order valence-corrected chi connectivity index (χ1v) is 11.1. The molecule has 0 fully saturated rings. The van der Waals surface area contributed by atoms with E-state index in [1.807, 2.05) is 48.1 Å². The summed E-state index contributed by atoms with van der Waals surface area (Å²) >= 11 is 0. The Balaban J connectivity index is 0.00000274. The molecule has 5 aromatic rings. The number of hydrogen-bond acceptors (Lipinski definition) is 6. The Morgan fingerprint density at radius 3 is 2.68 bits per heavy atom. The van der Waals surface area contributed by atoms with Crippen LogP contribution in [-0.2, 0) is 6.54 Å². The number of pyridine rings is 1. The molecule has 176 valence electrons. The predicted octanol–water partition coefficient (Wildman–Crippen LogP) is 4.46. The first-order chi connectivity index (χ1) is 16.0. The molecule has 0 amide bonds. The molecule has 0 bridgehead atoms. The van der Waals surface area contributed by atoms with Crippen molar-refractivity contribution in [1.82, 2.24) is 29.4 Å². The van der Waals surface area contributed by atoms with Gasteiger partial charge in [0, 0.05) is 23.8 Å². The van der Waals surface area contributed by atoms with Crippen molar-refractivity contribution in [3.8, 4) is 17.1 Å². The molecule has 0 aliphatic carbocycles. The SMILES string of the molecule is CCCN(C)CCn1ncc2cc(-n3ccc4oc(-c5ccc(C)nn5)cc4c3=O)ccc21.Cl. The summed E-state index contributed by atoms with van der Waals surface area (Å²) in [5.74, 6) is 0.525. The second-order valence-corrected chi connectivity index (χ2v) is 8.35. The number of aromatic nitrogens is 5. The molecular weight excluding hydrogens is 452 g/mol. The van der Waals surface area contributed by atoms with Gasteiger partial charge in [0.05, 0.1) is 29.3 Å². The van der Waals surface area contributed by atoms with Crippen molar-refractivity contribution in [2.45, 2.75) is 26.8 Å². The van der Waals surface area contributed by atoms with E-state index in [-0.39, 0.29) is 18.0 Å². The second kappa shape index (κ2) is 9.79. The molecule has 0 aliphatic heterocycles. The van der Waals surface area contributed by atoms with Gasteiger partial charge in [0.15, 0.2) is 5.76 Å². The molecule has 9 heteroatoms. The van der Waals surface area contributed by atoms with Crippen molar-refractivity contribution >= 4 is 34.3 Å². The smallest absolute Gasteiger partial charge is 0.266 e. The van der Waals surface area contributed by atoms with Crippen molar-refractivity contribution in [3.05, 3.63) is 70.9 Å². The van der Waals surface area contributed by atoms with Gasteiger partial charge in [0.25, 0.3) is 5.56 Å². The van der Waals surface area contributed by atoms with Crippen molar-refractivity contribution in [1.29, 1.82) is 0 Å². The molecule has 1 aromatic carbocycles. The van der Waals surface area contributed by atoms with E-state index in [9.17, 15) is 4.79 Å². The van der Waals surface area contributed by atoms with E-state index in [0.717, 1.165) is 48.3 Å². The lowest BCUT2D eigenvalue weighted by atomic mass is 10.2. The van der Waals surface area contributed by atoms with E-state index in [0.29, 0.717) is 22.4 Å². The fourth-order valence-corrected chi connectivity index (χ4v) is 4.06. The van der Waals surface area contributed by atoms with Crippen LogP contribution in [0.4, 0.5) is 0 Å². The minimum atomic E-state index is -0.143. The lowest BCUT2D eigenvalue weighted by Crippen LogP contribution is -2.24. The van der Waals surface area contributed by atoms with E-state index >= 15 is 0 Å². The summed E-state index contributed by atoms with van der Waals surface area (Å²) < 4.78 is 9.52. The van der Waals surface area contributed by atoms with Gasteiger partial charge in [-0.15, -0.1) is 17.5 Å². The minimum absolute atomic E-state index is 0. The van der Waals surface area contributed by atoms with Crippen LogP contribution < -0.4 is 5.56 Å². The summed E-state index contributed by atoms with van der Waals surface area (Å²) in [5.41, 5.74) is 3.65. The van der Waals surface area contributed by atoms with Crippen LogP contribution in [0.1, 0.15) is 19.0 Å². The number of rotatable bonds is 7. The number of aryl methyl sites for hydroxylation is 1. The summed E-state index contributed by atoms with van der Waals surface area (Å²) in [6, 6.07) is 13.2. The molecule has 5 rings (SSSR count). The summed E-state index contributed by atoms with van der Waals surface area (Å²) in [4.78, 5) is 15.6. The lowest BCUT2D eigenvalue weighted by Gasteiger charge is -2.15. The third-order valence-corrected chi connectivity index (χ3v) is 5.84. The maximum absolute atomic E-state index is 13.2. The highest BCUT2D eigenvalue weighted by Crippen LogP contribution is 2.25. The van der Waals surface area contributed by atoms with E-state index in [2.05, 4.69) is 34.2 Å².